The summed E-state index contributed by atoms with van der Waals surface area (Å²) in [4.78, 5) is 1.92. The van der Waals surface area contributed by atoms with Gasteiger partial charge in [0.15, 0.2) is 0 Å². The fourth-order valence-electron chi connectivity index (χ4n) is 2.40. The molecule has 0 aliphatic carbocycles. The number of benzene rings is 1. The van der Waals surface area contributed by atoms with Crippen LogP contribution in [0.5, 0.6) is 0 Å². The Balaban J connectivity index is 2.47. The fraction of sp³-hybridized carbons (Fsp3) is 0.500. The highest BCUT2D eigenvalue weighted by Gasteiger charge is 2.36. The van der Waals surface area contributed by atoms with Crippen LogP contribution < -0.4 is 5.73 Å². The van der Waals surface area contributed by atoms with Gasteiger partial charge in [0.2, 0.25) is 10.0 Å². The third-order valence-corrected chi connectivity index (χ3v) is 6.53. The van der Waals surface area contributed by atoms with Crippen LogP contribution in [0.1, 0.15) is 0 Å². The highest BCUT2D eigenvalue weighted by molar-refractivity contribution is 7.89. The van der Waals surface area contributed by atoms with Crippen molar-refractivity contribution in [1.29, 1.82) is 0 Å². The van der Waals surface area contributed by atoms with Crippen LogP contribution in [0.4, 0.5) is 0 Å². The van der Waals surface area contributed by atoms with E-state index in [0.29, 0.717) is 19.6 Å². The van der Waals surface area contributed by atoms with Gasteiger partial charge >= 0.3 is 0 Å². The molecule has 1 atom stereocenters. The predicted octanol–water partition coefficient (Wildman–Crippen LogP) is 1.91. The first-order valence-electron chi connectivity index (χ1n) is 6.32. The Hall–Kier alpha value is -0.0800. The Kier molecular flexibility index (Phi) is 5.41. The quantitative estimate of drug-likeness (QED) is 0.880. The first-order chi connectivity index (χ1) is 9.77. The van der Waals surface area contributed by atoms with E-state index in [-0.39, 0.29) is 32.5 Å². The molecule has 2 N–H and O–H groups in total. The maximum absolute atomic E-state index is 12.9. The molecule has 0 saturated carbocycles. The second-order valence-electron chi connectivity index (χ2n) is 4.97. The van der Waals surface area contributed by atoms with E-state index < -0.39 is 10.0 Å². The van der Waals surface area contributed by atoms with Gasteiger partial charge in [-0.15, -0.1) is 0 Å². The third-order valence-electron chi connectivity index (χ3n) is 3.43. The number of hydrogen-bond donors (Lipinski definition) is 1. The first-order valence-corrected chi connectivity index (χ1v) is 8.89. The molecule has 1 aliphatic heterocycles. The van der Waals surface area contributed by atoms with Crippen LogP contribution in [0.3, 0.4) is 0 Å². The molecule has 0 radical (unpaired) electrons. The Morgan fingerprint density at radius 1 is 1.24 bits per heavy atom. The average molecular weight is 373 g/mol. The van der Waals surface area contributed by atoms with Crippen molar-refractivity contribution in [3.63, 3.8) is 0 Å². The van der Waals surface area contributed by atoms with Crippen LogP contribution in [-0.4, -0.2) is 56.9 Å². The molecule has 21 heavy (non-hydrogen) atoms. The normalized spacial score (nSPS) is 21.7. The van der Waals surface area contributed by atoms with Gasteiger partial charge < -0.3 is 10.6 Å². The molecule has 1 aromatic carbocycles. The molecule has 5 nitrogen and oxygen atoms in total. The molecule has 1 aromatic rings. The lowest BCUT2D eigenvalue weighted by Gasteiger charge is -2.38. The van der Waals surface area contributed by atoms with Gasteiger partial charge in [0.25, 0.3) is 0 Å². The largest absolute Gasteiger partial charge is 0.329 e. The first kappa shape index (κ1) is 17.3. The smallest absolute Gasteiger partial charge is 0.246 e. The molecule has 0 aromatic heterocycles. The van der Waals surface area contributed by atoms with E-state index in [9.17, 15) is 8.42 Å². The molecule has 0 bridgehead atoms. The number of piperazine rings is 1. The summed E-state index contributed by atoms with van der Waals surface area (Å²) in [5.74, 6) is 0. The van der Waals surface area contributed by atoms with Gasteiger partial charge in [-0.05, 0) is 19.2 Å². The summed E-state index contributed by atoms with van der Waals surface area (Å²) < 4.78 is 27.1. The Labute approximate surface area is 139 Å². The molecule has 0 amide bonds. The Morgan fingerprint density at radius 3 is 2.33 bits per heavy atom. The molecule has 1 unspecified atom stereocenters. The van der Waals surface area contributed by atoms with Gasteiger partial charge in [0.05, 0.1) is 16.1 Å². The standard InChI is InChI=1S/C12H16Cl3N3O2S/c1-17-2-3-18(9(6-16)7-17)21(19,20)12-10(14)4-8(13)5-11(12)15/h4-5,9H,2-3,6-7,16H2,1H3. The van der Waals surface area contributed by atoms with Gasteiger partial charge in [-0.2, -0.15) is 4.31 Å². The van der Waals surface area contributed by atoms with Gasteiger partial charge in [0, 0.05) is 31.2 Å². The average Bonchev–Trinajstić information content (AvgIpc) is 2.36. The lowest BCUT2D eigenvalue weighted by atomic mass is 10.2. The number of sulfonamides is 1. The number of rotatable bonds is 3. The summed E-state index contributed by atoms with van der Waals surface area (Å²) in [5.41, 5.74) is 5.71. The van der Waals surface area contributed by atoms with E-state index in [1.54, 1.807) is 0 Å². The van der Waals surface area contributed by atoms with Crippen molar-refractivity contribution in [3.05, 3.63) is 27.2 Å². The van der Waals surface area contributed by atoms with Crippen molar-refractivity contribution in [2.24, 2.45) is 5.73 Å². The van der Waals surface area contributed by atoms with Crippen LogP contribution >= 0.6 is 34.8 Å². The lowest BCUT2D eigenvalue weighted by molar-refractivity contribution is 0.164. The van der Waals surface area contributed by atoms with Crippen LogP contribution in [-0.2, 0) is 10.0 Å². The Morgan fingerprint density at radius 2 is 1.81 bits per heavy atom. The minimum Gasteiger partial charge on any atom is -0.329 e. The third kappa shape index (κ3) is 3.47. The van der Waals surface area contributed by atoms with E-state index in [1.165, 1.54) is 16.4 Å². The number of hydrogen-bond acceptors (Lipinski definition) is 4. The predicted molar refractivity (Wildman–Crippen MR) is 85.7 cm³/mol. The zero-order valence-corrected chi connectivity index (χ0v) is 14.5. The number of nitrogens with zero attached hydrogens (tertiary/aromatic N) is 2. The molecule has 1 aliphatic rings. The second kappa shape index (κ2) is 6.58. The molecule has 1 fully saturated rings. The SMILES string of the molecule is CN1CCN(S(=O)(=O)c2c(Cl)cc(Cl)cc2Cl)C(CN)C1. The van der Waals surface area contributed by atoms with Crippen LogP contribution in [0.25, 0.3) is 0 Å². The van der Waals surface area contributed by atoms with E-state index in [0.717, 1.165) is 0 Å². The van der Waals surface area contributed by atoms with Gasteiger partial charge in [-0.25, -0.2) is 8.42 Å². The zero-order chi connectivity index (χ0) is 15.8. The molecule has 1 saturated heterocycles. The molecule has 2 rings (SSSR count). The fourth-order valence-corrected chi connectivity index (χ4v) is 5.51. The van der Waals surface area contributed by atoms with E-state index in [2.05, 4.69) is 0 Å². The second-order valence-corrected chi connectivity index (χ2v) is 8.04. The van der Waals surface area contributed by atoms with Crippen LogP contribution in [0.15, 0.2) is 17.0 Å². The van der Waals surface area contributed by atoms with Crippen molar-refractivity contribution in [1.82, 2.24) is 9.21 Å². The van der Waals surface area contributed by atoms with Crippen LogP contribution in [0.2, 0.25) is 15.1 Å². The Bertz CT molecular complexity index is 616. The summed E-state index contributed by atoms with van der Waals surface area (Å²) in [7, 11) is -1.90. The molecular weight excluding hydrogens is 357 g/mol. The lowest BCUT2D eigenvalue weighted by Crippen LogP contribution is -2.56. The van der Waals surface area contributed by atoms with Crippen molar-refractivity contribution in [3.8, 4) is 0 Å². The maximum atomic E-state index is 12.9. The van der Waals surface area contributed by atoms with Crippen molar-refractivity contribution >= 4 is 44.8 Å². The molecule has 1 heterocycles. The van der Waals surface area contributed by atoms with E-state index in [1.807, 2.05) is 11.9 Å². The van der Waals surface area contributed by atoms with Crippen LogP contribution in [0, 0.1) is 0 Å². The molecule has 118 valence electrons. The van der Waals surface area contributed by atoms with E-state index >= 15 is 0 Å². The van der Waals surface area contributed by atoms with Crippen molar-refractivity contribution in [2.75, 3.05) is 33.2 Å². The molecular formula is C12H16Cl3N3O2S. The van der Waals surface area contributed by atoms with E-state index in [4.69, 9.17) is 40.5 Å². The highest BCUT2D eigenvalue weighted by atomic mass is 35.5. The van der Waals surface area contributed by atoms with Gasteiger partial charge in [0.1, 0.15) is 4.90 Å². The summed E-state index contributed by atoms with van der Waals surface area (Å²) in [6.45, 7) is 1.76. The summed E-state index contributed by atoms with van der Waals surface area (Å²) in [5, 5.41) is 0.321. The maximum Gasteiger partial charge on any atom is 0.246 e. The number of nitrogens with two attached hydrogens (primary N) is 1. The summed E-state index contributed by atoms with van der Waals surface area (Å²) in [6.07, 6.45) is 0. The zero-order valence-electron chi connectivity index (χ0n) is 11.4. The number of halogens is 3. The molecule has 9 heteroatoms. The van der Waals surface area contributed by atoms with Gasteiger partial charge in [-0.3, -0.25) is 0 Å². The minimum absolute atomic E-state index is 0.0159. The summed E-state index contributed by atoms with van der Waals surface area (Å²) >= 11 is 17.9. The summed E-state index contributed by atoms with van der Waals surface area (Å²) in [6, 6.07) is 2.43. The monoisotopic (exact) mass is 371 g/mol. The highest BCUT2D eigenvalue weighted by Crippen LogP contribution is 2.35. The molecule has 0 spiro atoms. The topological polar surface area (TPSA) is 66.6 Å². The minimum atomic E-state index is -3.82. The number of likely N-dealkylation sites (N-methyl/N-ethyl adjacent to an activating group) is 1. The van der Waals surface area contributed by atoms with Crippen molar-refractivity contribution < 1.29 is 8.42 Å². The van der Waals surface area contributed by atoms with Gasteiger partial charge in [-0.1, -0.05) is 34.8 Å². The van der Waals surface area contributed by atoms with Crippen molar-refractivity contribution in [2.45, 2.75) is 10.9 Å².